The van der Waals surface area contributed by atoms with Gasteiger partial charge in [-0.2, -0.15) is 10.2 Å². The molecule has 5 nitrogen and oxygen atoms in total. The molecule has 0 saturated carbocycles. The largest absolute Gasteiger partial charge is 0.276 e. The fourth-order valence-electron chi connectivity index (χ4n) is 4.70. The minimum Gasteiger partial charge on any atom is -0.276 e. The molecule has 0 amide bonds. The van der Waals surface area contributed by atoms with E-state index in [4.69, 9.17) is 5.10 Å². The first-order valence-corrected chi connectivity index (χ1v) is 9.20. The Morgan fingerprint density at radius 1 is 0.769 bits per heavy atom. The zero-order valence-electron chi connectivity index (χ0n) is 14.8. The molecule has 0 spiro atoms. The van der Waals surface area contributed by atoms with Gasteiger partial charge in [0, 0.05) is 19.6 Å². The van der Waals surface area contributed by atoms with Crippen LogP contribution in [0.25, 0.3) is 0 Å². The average Bonchev–Trinajstić information content (AvgIpc) is 2.65. The van der Waals surface area contributed by atoms with E-state index >= 15 is 0 Å². The van der Waals surface area contributed by atoms with E-state index in [1.54, 1.807) is 0 Å². The summed E-state index contributed by atoms with van der Waals surface area (Å²) >= 11 is 0. The first kappa shape index (κ1) is 15.9. The molecule has 0 aromatic heterocycles. The smallest absolute Gasteiger partial charge is 0.0802 e. The third kappa shape index (κ3) is 2.88. The lowest BCUT2D eigenvalue weighted by atomic mass is 9.74. The SMILES string of the molecule is C(=N\N=C(/c1ccccc1)C12CN3CN(CN(C3)C1)C2)/c1ccccc1. The van der Waals surface area contributed by atoms with E-state index in [0.29, 0.717) is 0 Å². The van der Waals surface area contributed by atoms with Crippen LogP contribution in [0, 0.1) is 5.41 Å². The molecule has 26 heavy (non-hydrogen) atoms. The molecule has 6 rings (SSSR count). The van der Waals surface area contributed by atoms with Gasteiger partial charge >= 0.3 is 0 Å². The minimum absolute atomic E-state index is 0.0319. The number of benzene rings is 2. The van der Waals surface area contributed by atoms with Gasteiger partial charge in [-0.05, 0) is 11.1 Å². The van der Waals surface area contributed by atoms with Crippen LogP contribution in [0.1, 0.15) is 11.1 Å². The molecular weight excluding hydrogens is 322 g/mol. The second-order valence-electron chi connectivity index (χ2n) is 7.66. The van der Waals surface area contributed by atoms with Crippen molar-refractivity contribution in [1.29, 1.82) is 0 Å². The predicted molar refractivity (Wildman–Crippen MR) is 104 cm³/mol. The van der Waals surface area contributed by atoms with Crippen LogP contribution in [0.15, 0.2) is 70.9 Å². The molecule has 4 aliphatic heterocycles. The lowest BCUT2D eigenvalue weighted by molar-refractivity contribution is -0.149. The molecule has 4 heterocycles. The summed E-state index contributed by atoms with van der Waals surface area (Å²) in [6, 6.07) is 20.7. The summed E-state index contributed by atoms with van der Waals surface area (Å²) in [7, 11) is 0. The Morgan fingerprint density at radius 2 is 1.31 bits per heavy atom. The van der Waals surface area contributed by atoms with Crippen LogP contribution in [0.4, 0.5) is 0 Å². The Bertz CT molecular complexity index is 793. The average molecular weight is 345 g/mol. The molecule has 0 unspecified atom stereocenters. The quantitative estimate of drug-likeness (QED) is 0.630. The van der Waals surface area contributed by atoms with Crippen LogP contribution in [-0.2, 0) is 0 Å². The van der Waals surface area contributed by atoms with Gasteiger partial charge in [0.2, 0.25) is 0 Å². The molecule has 0 aliphatic carbocycles. The maximum atomic E-state index is 4.79. The second-order valence-corrected chi connectivity index (χ2v) is 7.66. The Morgan fingerprint density at radius 3 is 1.88 bits per heavy atom. The summed E-state index contributed by atoms with van der Waals surface area (Å²) in [5, 5.41) is 9.27. The van der Waals surface area contributed by atoms with Crippen molar-refractivity contribution in [3.8, 4) is 0 Å². The van der Waals surface area contributed by atoms with E-state index < -0.39 is 0 Å². The van der Waals surface area contributed by atoms with E-state index in [0.717, 1.165) is 50.9 Å². The third-order valence-electron chi connectivity index (χ3n) is 5.49. The van der Waals surface area contributed by atoms with Crippen LogP contribution in [0.5, 0.6) is 0 Å². The molecule has 4 aliphatic rings. The Hall–Kier alpha value is -2.34. The molecule has 4 saturated heterocycles. The molecule has 132 valence electrons. The van der Waals surface area contributed by atoms with Crippen molar-refractivity contribution in [2.24, 2.45) is 15.6 Å². The number of hydrogen-bond donors (Lipinski definition) is 0. The van der Waals surface area contributed by atoms with E-state index in [1.165, 1.54) is 5.56 Å². The van der Waals surface area contributed by atoms with Crippen molar-refractivity contribution < 1.29 is 0 Å². The van der Waals surface area contributed by atoms with Gasteiger partial charge in [0.15, 0.2) is 0 Å². The van der Waals surface area contributed by atoms with Crippen LogP contribution in [-0.4, -0.2) is 66.3 Å². The van der Waals surface area contributed by atoms with Crippen molar-refractivity contribution in [2.75, 3.05) is 39.6 Å². The van der Waals surface area contributed by atoms with Crippen LogP contribution in [0.2, 0.25) is 0 Å². The topological polar surface area (TPSA) is 34.4 Å². The van der Waals surface area contributed by atoms with Gasteiger partial charge in [-0.15, -0.1) is 0 Å². The normalized spacial score (nSPS) is 33.1. The van der Waals surface area contributed by atoms with Crippen molar-refractivity contribution in [3.05, 3.63) is 71.8 Å². The van der Waals surface area contributed by atoms with E-state index in [-0.39, 0.29) is 5.41 Å². The zero-order valence-corrected chi connectivity index (χ0v) is 14.8. The molecule has 5 heteroatoms. The van der Waals surface area contributed by atoms with Crippen LogP contribution < -0.4 is 0 Å². The van der Waals surface area contributed by atoms with Crippen molar-refractivity contribution >= 4 is 11.9 Å². The fraction of sp³-hybridized carbons (Fsp3) is 0.333. The predicted octanol–water partition coefficient (Wildman–Crippen LogP) is 2.32. The van der Waals surface area contributed by atoms with Crippen molar-refractivity contribution in [1.82, 2.24) is 14.7 Å². The van der Waals surface area contributed by atoms with Gasteiger partial charge < -0.3 is 0 Å². The van der Waals surface area contributed by atoms with Gasteiger partial charge in [-0.1, -0.05) is 60.7 Å². The fourth-order valence-corrected chi connectivity index (χ4v) is 4.70. The molecule has 0 radical (unpaired) electrons. The molecular formula is C21H23N5. The summed E-state index contributed by atoms with van der Waals surface area (Å²) < 4.78 is 0. The van der Waals surface area contributed by atoms with Crippen molar-refractivity contribution in [3.63, 3.8) is 0 Å². The first-order valence-electron chi connectivity index (χ1n) is 9.20. The highest BCUT2D eigenvalue weighted by atomic mass is 15.5. The summed E-state index contributed by atoms with van der Waals surface area (Å²) in [4.78, 5) is 7.57. The van der Waals surface area contributed by atoms with Crippen LogP contribution in [0.3, 0.4) is 0 Å². The third-order valence-corrected chi connectivity index (χ3v) is 5.49. The van der Waals surface area contributed by atoms with E-state index in [9.17, 15) is 0 Å². The summed E-state index contributed by atoms with van der Waals surface area (Å²) in [5.74, 6) is 0. The monoisotopic (exact) mass is 345 g/mol. The lowest BCUT2D eigenvalue weighted by Gasteiger charge is -2.60. The van der Waals surface area contributed by atoms with Gasteiger partial charge in [0.05, 0.1) is 37.3 Å². The summed E-state index contributed by atoms with van der Waals surface area (Å²) in [5.41, 5.74) is 3.41. The highest BCUT2D eigenvalue weighted by molar-refractivity contribution is 6.05. The standard InChI is InChI=1S/C21H23N5/c1-3-7-18(8-4-1)11-22-23-20(19-9-5-2-6-10-19)21-12-24-15-25(13-21)17-26(14-21)16-24/h1-11H,12-17H2/b22-11+,23-20+. The highest BCUT2D eigenvalue weighted by Crippen LogP contribution is 2.38. The Kier molecular flexibility index (Phi) is 3.93. The molecule has 0 N–H and O–H groups in total. The maximum Gasteiger partial charge on any atom is 0.0802 e. The molecule has 2 aromatic rings. The molecule has 2 aromatic carbocycles. The summed E-state index contributed by atoms with van der Waals surface area (Å²) in [6.45, 7) is 6.42. The maximum absolute atomic E-state index is 4.79. The number of hydrogen-bond acceptors (Lipinski definition) is 5. The summed E-state index contributed by atoms with van der Waals surface area (Å²) in [6.07, 6.45) is 1.85. The highest BCUT2D eigenvalue weighted by Gasteiger charge is 2.51. The molecule has 4 fully saturated rings. The van der Waals surface area contributed by atoms with E-state index in [1.807, 2.05) is 24.4 Å². The lowest BCUT2D eigenvalue weighted by Crippen LogP contribution is -2.74. The van der Waals surface area contributed by atoms with E-state index in [2.05, 4.69) is 62.3 Å². The van der Waals surface area contributed by atoms with Crippen LogP contribution >= 0.6 is 0 Å². The minimum atomic E-state index is 0.0319. The molecule has 0 atom stereocenters. The Labute approximate surface area is 154 Å². The van der Waals surface area contributed by atoms with Gasteiger partial charge in [0.25, 0.3) is 0 Å². The van der Waals surface area contributed by atoms with Gasteiger partial charge in [-0.3, -0.25) is 14.7 Å². The van der Waals surface area contributed by atoms with Gasteiger partial charge in [0.1, 0.15) is 0 Å². The molecule has 4 bridgehead atoms. The Balaban J connectivity index is 1.53. The zero-order chi connectivity index (χ0) is 17.4. The number of rotatable bonds is 4. The van der Waals surface area contributed by atoms with Gasteiger partial charge in [-0.25, -0.2) is 0 Å². The first-order chi connectivity index (χ1) is 12.8. The second kappa shape index (κ2) is 6.43. The van der Waals surface area contributed by atoms with Crippen molar-refractivity contribution in [2.45, 2.75) is 0 Å². The number of nitrogens with zero attached hydrogens (tertiary/aromatic N) is 5.